The molecule has 5 heteroatoms. The topological polar surface area (TPSA) is 55.8 Å². The van der Waals surface area contributed by atoms with Crippen molar-refractivity contribution in [1.29, 1.82) is 0 Å². The highest BCUT2D eigenvalue weighted by Gasteiger charge is 2.23. The Morgan fingerprint density at radius 1 is 1.16 bits per heavy atom. The summed E-state index contributed by atoms with van der Waals surface area (Å²) in [5, 5.41) is 0. The summed E-state index contributed by atoms with van der Waals surface area (Å²) < 4.78 is 10.4. The molecule has 1 amide bonds. The molecule has 5 nitrogen and oxygen atoms in total. The molecule has 0 aromatic heterocycles. The highest BCUT2D eigenvalue weighted by molar-refractivity contribution is 5.98. The van der Waals surface area contributed by atoms with Gasteiger partial charge in [0.25, 0.3) is 5.91 Å². The van der Waals surface area contributed by atoms with Gasteiger partial charge in [0, 0.05) is 12.2 Å². The van der Waals surface area contributed by atoms with Gasteiger partial charge in [0.1, 0.15) is 5.75 Å². The highest BCUT2D eigenvalue weighted by Crippen LogP contribution is 2.26. The predicted octanol–water partition coefficient (Wildman–Crippen LogP) is 3.14. The molecule has 0 fully saturated rings. The third kappa shape index (κ3) is 3.65. The van der Waals surface area contributed by atoms with E-state index in [1.54, 1.807) is 30.2 Å². The van der Waals surface area contributed by atoms with Gasteiger partial charge in [-0.1, -0.05) is 24.3 Å². The normalized spacial score (nSPS) is 13.1. The fourth-order valence-corrected chi connectivity index (χ4v) is 3.03. The molecule has 25 heavy (non-hydrogen) atoms. The van der Waals surface area contributed by atoms with Crippen LogP contribution in [0.2, 0.25) is 0 Å². The summed E-state index contributed by atoms with van der Waals surface area (Å²) in [5.41, 5.74) is 3.36. The van der Waals surface area contributed by atoms with E-state index in [0.717, 1.165) is 29.7 Å². The second kappa shape index (κ2) is 7.38. The number of methoxy groups -OCH3 is 1. The molecule has 3 rings (SSSR count). The molecule has 0 saturated heterocycles. The van der Waals surface area contributed by atoms with Gasteiger partial charge < -0.3 is 14.4 Å². The van der Waals surface area contributed by atoms with Crippen molar-refractivity contribution in [2.24, 2.45) is 0 Å². The summed E-state index contributed by atoms with van der Waals surface area (Å²) in [5.74, 6) is -0.123. The SMILES string of the molecule is COc1cc(C(=O)OCC(=O)N2CCCc3ccccc32)ccc1C. The predicted molar refractivity (Wildman–Crippen MR) is 95.1 cm³/mol. The van der Waals surface area contributed by atoms with E-state index in [2.05, 4.69) is 0 Å². The van der Waals surface area contributed by atoms with Crippen molar-refractivity contribution in [3.8, 4) is 5.75 Å². The van der Waals surface area contributed by atoms with Crippen LogP contribution in [0.15, 0.2) is 42.5 Å². The molecule has 1 aliphatic heterocycles. The van der Waals surface area contributed by atoms with Crippen LogP contribution < -0.4 is 9.64 Å². The minimum absolute atomic E-state index is 0.209. The van der Waals surface area contributed by atoms with Gasteiger partial charge in [0.2, 0.25) is 0 Å². The zero-order valence-electron chi connectivity index (χ0n) is 14.5. The largest absolute Gasteiger partial charge is 0.496 e. The van der Waals surface area contributed by atoms with Crippen LogP contribution in [-0.2, 0) is 16.0 Å². The number of amides is 1. The molecular weight excluding hydrogens is 318 g/mol. The minimum atomic E-state index is -0.531. The number of rotatable bonds is 4. The van der Waals surface area contributed by atoms with E-state index in [-0.39, 0.29) is 12.5 Å². The lowest BCUT2D eigenvalue weighted by Crippen LogP contribution is -2.38. The molecule has 0 atom stereocenters. The molecule has 0 spiro atoms. The Labute approximate surface area is 147 Å². The molecule has 130 valence electrons. The third-order valence-corrected chi connectivity index (χ3v) is 4.38. The van der Waals surface area contributed by atoms with Crippen LogP contribution in [0.3, 0.4) is 0 Å². The quantitative estimate of drug-likeness (QED) is 0.803. The molecule has 1 aliphatic rings. The van der Waals surface area contributed by atoms with Crippen molar-refractivity contribution >= 4 is 17.6 Å². The minimum Gasteiger partial charge on any atom is -0.496 e. The van der Waals surface area contributed by atoms with Crippen LogP contribution in [0, 0.1) is 6.92 Å². The smallest absolute Gasteiger partial charge is 0.338 e. The molecule has 0 bridgehead atoms. The van der Waals surface area contributed by atoms with Gasteiger partial charge in [0.05, 0.1) is 12.7 Å². The van der Waals surface area contributed by atoms with Crippen molar-refractivity contribution in [3.05, 3.63) is 59.2 Å². The van der Waals surface area contributed by atoms with Crippen LogP contribution in [0.5, 0.6) is 5.75 Å². The lowest BCUT2D eigenvalue weighted by atomic mass is 10.0. The van der Waals surface area contributed by atoms with Crippen molar-refractivity contribution in [1.82, 2.24) is 0 Å². The van der Waals surface area contributed by atoms with Gasteiger partial charge in [-0.2, -0.15) is 0 Å². The van der Waals surface area contributed by atoms with Crippen molar-refractivity contribution in [3.63, 3.8) is 0 Å². The van der Waals surface area contributed by atoms with Crippen LogP contribution in [0.25, 0.3) is 0 Å². The molecule has 1 heterocycles. The maximum Gasteiger partial charge on any atom is 0.338 e. The number of ether oxygens (including phenoxy) is 2. The molecule has 0 radical (unpaired) electrons. The van der Waals surface area contributed by atoms with Crippen molar-refractivity contribution in [2.45, 2.75) is 19.8 Å². The number of carbonyl (C=O) groups excluding carboxylic acids is 2. The van der Waals surface area contributed by atoms with Crippen molar-refractivity contribution < 1.29 is 19.1 Å². The molecule has 2 aromatic carbocycles. The number of nitrogens with zero attached hydrogens (tertiary/aromatic N) is 1. The maximum absolute atomic E-state index is 12.5. The van der Waals surface area contributed by atoms with Gasteiger partial charge in [-0.25, -0.2) is 4.79 Å². The second-order valence-corrected chi connectivity index (χ2v) is 6.04. The molecule has 0 saturated carbocycles. The lowest BCUT2D eigenvalue weighted by Gasteiger charge is -2.29. The molecule has 0 aliphatic carbocycles. The van der Waals surface area contributed by atoms with E-state index >= 15 is 0 Å². The molecule has 2 aromatic rings. The van der Waals surface area contributed by atoms with Gasteiger partial charge in [-0.15, -0.1) is 0 Å². The fourth-order valence-electron chi connectivity index (χ4n) is 3.03. The highest BCUT2D eigenvalue weighted by atomic mass is 16.5. The zero-order valence-corrected chi connectivity index (χ0v) is 14.5. The molecule has 0 unspecified atom stereocenters. The Morgan fingerprint density at radius 3 is 2.76 bits per heavy atom. The van der Waals surface area contributed by atoms with E-state index in [1.165, 1.54) is 0 Å². The summed E-state index contributed by atoms with van der Waals surface area (Å²) >= 11 is 0. The maximum atomic E-state index is 12.5. The monoisotopic (exact) mass is 339 g/mol. The van der Waals surface area contributed by atoms with Gasteiger partial charge in [-0.3, -0.25) is 4.79 Å². The summed E-state index contributed by atoms with van der Waals surface area (Å²) in [6.07, 6.45) is 1.87. The van der Waals surface area contributed by atoms with E-state index in [1.807, 2.05) is 31.2 Å². The average molecular weight is 339 g/mol. The number of hydrogen-bond acceptors (Lipinski definition) is 4. The molecular formula is C20H21NO4. The number of para-hydroxylation sites is 1. The van der Waals surface area contributed by atoms with Gasteiger partial charge >= 0.3 is 5.97 Å². The molecule has 0 N–H and O–H groups in total. The fraction of sp³-hybridized carbons (Fsp3) is 0.300. The van der Waals surface area contributed by atoms with Crippen LogP contribution in [-0.4, -0.2) is 32.1 Å². The van der Waals surface area contributed by atoms with Crippen LogP contribution in [0.4, 0.5) is 5.69 Å². The number of hydrogen-bond donors (Lipinski definition) is 0. The van der Waals surface area contributed by atoms with Crippen molar-refractivity contribution in [2.75, 3.05) is 25.2 Å². The number of aryl methyl sites for hydroxylation is 2. The lowest BCUT2D eigenvalue weighted by molar-refractivity contribution is -0.121. The second-order valence-electron chi connectivity index (χ2n) is 6.04. The van der Waals surface area contributed by atoms with E-state index in [4.69, 9.17) is 9.47 Å². The number of anilines is 1. The zero-order chi connectivity index (χ0) is 17.8. The van der Waals surface area contributed by atoms with E-state index in [9.17, 15) is 9.59 Å². The standard InChI is InChI=1S/C20H21NO4/c1-14-9-10-16(12-18(14)24-2)20(23)25-13-19(22)21-11-5-7-15-6-3-4-8-17(15)21/h3-4,6,8-10,12H,5,7,11,13H2,1-2H3. The number of benzene rings is 2. The Morgan fingerprint density at radius 2 is 1.96 bits per heavy atom. The first-order valence-electron chi connectivity index (χ1n) is 8.30. The first-order chi connectivity index (χ1) is 12.1. The average Bonchev–Trinajstić information content (AvgIpc) is 2.65. The Kier molecular flexibility index (Phi) is 5.03. The Hall–Kier alpha value is -2.82. The summed E-state index contributed by atoms with van der Waals surface area (Å²) in [4.78, 5) is 26.4. The van der Waals surface area contributed by atoms with Gasteiger partial charge in [-0.05, 0) is 49.1 Å². The summed E-state index contributed by atoms with van der Waals surface area (Å²) in [7, 11) is 1.55. The van der Waals surface area contributed by atoms with E-state index in [0.29, 0.717) is 17.9 Å². The first-order valence-corrected chi connectivity index (χ1v) is 8.30. The number of esters is 1. The van der Waals surface area contributed by atoms with Crippen LogP contribution >= 0.6 is 0 Å². The Bertz CT molecular complexity index is 800. The van der Waals surface area contributed by atoms with E-state index < -0.39 is 5.97 Å². The third-order valence-electron chi connectivity index (χ3n) is 4.38. The summed E-state index contributed by atoms with van der Waals surface area (Å²) in [6.45, 7) is 2.26. The number of fused-ring (bicyclic) bond motifs is 1. The van der Waals surface area contributed by atoms with Crippen LogP contribution in [0.1, 0.15) is 27.9 Å². The number of carbonyl (C=O) groups is 2. The van der Waals surface area contributed by atoms with Gasteiger partial charge in [0.15, 0.2) is 6.61 Å². The Balaban J connectivity index is 1.66. The first kappa shape index (κ1) is 17.0. The summed E-state index contributed by atoms with van der Waals surface area (Å²) in [6, 6.07) is 12.9.